The molecule has 0 aliphatic carbocycles. The molecule has 0 aliphatic heterocycles. The average Bonchev–Trinajstić information content (AvgIpc) is 3.00. The van der Waals surface area contributed by atoms with Crippen molar-refractivity contribution >= 4 is 10.9 Å². The molecule has 0 unspecified atom stereocenters. The van der Waals surface area contributed by atoms with Crippen molar-refractivity contribution < 1.29 is 0 Å². The normalized spacial score (nSPS) is 10.9. The van der Waals surface area contributed by atoms with Gasteiger partial charge in [0.1, 0.15) is 0 Å². The lowest BCUT2D eigenvalue weighted by molar-refractivity contribution is 1.33. The van der Waals surface area contributed by atoms with Gasteiger partial charge in [0, 0.05) is 41.4 Å². The Morgan fingerprint density at radius 3 is 2.29 bits per heavy atom. The first-order valence-corrected chi connectivity index (χ1v) is 6.84. The average molecular weight is 271 g/mol. The SMILES string of the molecule is c1cncc(-c2ccc(-c3cc4cnccc4[nH]3)cc2)c1. The molecule has 1 N–H and O–H groups in total. The van der Waals surface area contributed by atoms with Crippen LogP contribution in [-0.4, -0.2) is 15.0 Å². The zero-order chi connectivity index (χ0) is 14.1. The molecule has 0 fully saturated rings. The van der Waals surface area contributed by atoms with Crippen molar-refractivity contribution in [1.82, 2.24) is 15.0 Å². The van der Waals surface area contributed by atoms with Crippen molar-refractivity contribution in [2.45, 2.75) is 0 Å². The van der Waals surface area contributed by atoms with Crippen LogP contribution in [-0.2, 0) is 0 Å². The third-order valence-electron chi connectivity index (χ3n) is 3.61. The smallest absolute Gasteiger partial charge is 0.0489 e. The number of aromatic nitrogens is 3. The largest absolute Gasteiger partial charge is 0.354 e. The predicted octanol–water partition coefficient (Wildman–Crippen LogP) is 4.29. The zero-order valence-corrected chi connectivity index (χ0v) is 11.3. The van der Waals surface area contributed by atoms with Crippen LogP contribution in [0.15, 0.2) is 73.3 Å². The first-order valence-electron chi connectivity index (χ1n) is 6.84. The molecule has 0 saturated heterocycles. The topological polar surface area (TPSA) is 41.6 Å². The van der Waals surface area contributed by atoms with Gasteiger partial charge >= 0.3 is 0 Å². The summed E-state index contributed by atoms with van der Waals surface area (Å²) in [5.74, 6) is 0. The Morgan fingerprint density at radius 1 is 0.714 bits per heavy atom. The highest BCUT2D eigenvalue weighted by Crippen LogP contribution is 2.26. The van der Waals surface area contributed by atoms with Gasteiger partial charge in [0.25, 0.3) is 0 Å². The Hall–Kier alpha value is -2.94. The molecule has 3 aromatic heterocycles. The number of H-pyrrole nitrogens is 1. The zero-order valence-electron chi connectivity index (χ0n) is 11.3. The van der Waals surface area contributed by atoms with E-state index < -0.39 is 0 Å². The fourth-order valence-corrected chi connectivity index (χ4v) is 2.50. The molecule has 3 nitrogen and oxygen atoms in total. The fraction of sp³-hybridized carbons (Fsp3) is 0. The second kappa shape index (κ2) is 4.87. The number of nitrogens with zero attached hydrogens (tertiary/aromatic N) is 2. The molecule has 0 spiro atoms. The first kappa shape index (κ1) is 11.9. The molecule has 0 amide bonds. The summed E-state index contributed by atoms with van der Waals surface area (Å²) in [6.45, 7) is 0. The lowest BCUT2D eigenvalue weighted by Crippen LogP contribution is -1.81. The molecule has 1 aromatic carbocycles. The van der Waals surface area contributed by atoms with Gasteiger partial charge in [-0.25, -0.2) is 0 Å². The Balaban J connectivity index is 1.73. The molecule has 4 aromatic rings. The minimum Gasteiger partial charge on any atom is -0.354 e. The van der Waals surface area contributed by atoms with Gasteiger partial charge in [-0.15, -0.1) is 0 Å². The Morgan fingerprint density at radius 2 is 1.52 bits per heavy atom. The van der Waals surface area contributed by atoms with E-state index in [0.29, 0.717) is 0 Å². The first-order chi connectivity index (χ1) is 10.4. The van der Waals surface area contributed by atoms with Crippen molar-refractivity contribution in [3.63, 3.8) is 0 Å². The highest BCUT2D eigenvalue weighted by atomic mass is 14.7. The molecule has 0 aliphatic rings. The van der Waals surface area contributed by atoms with Crippen LogP contribution in [0.2, 0.25) is 0 Å². The van der Waals surface area contributed by atoms with Crippen molar-refractivity contribution in [3.05, 3.63) is 73.3 Å². The Bertz CT molecular complexity index is 844. The summed E-state index contributed by atoms with van der Waals surface area (Å²) in [5.41, 5.74) is 5.68. The second-order valence-corrected chi connectivity index (χ2v) is 4.96. The molecule has 100 valence electrons. The van der Waals surface area contributed by atoms with Crippen molar-refractivity contribution in [2.75, 3.05) is 0 Å². The van der Waals surface area contributed by atoms with Gasteiger partial charge in [-0.2, -0.15) is 0 Å². The van der Waals surface area contributed by atoms with E-state index in [1.807, 2.05) is 24.5 Å². The molecular weight excluding hydrogens is 258 g/mol. The quantitative estimate of drug-likeness (QED) is 0.591. The van der Waals surface area contributed by atoms with Crippen LogP contribution in [0.3, 0.4) is 0 Å². The van der Waals surface area contributed by atoms with Crippen molar-refractivity contribution in [2.24, 2.45) is 0 Å². The van der Waals surface area contributed by atoms with Crippen LogP contribution in [0.1, 0.15) is 0 Å². The van der Waals surface area contributed by atoms with E-state index in [1.54, 1.807) is 12.4 Å². The van der Waals surface area contributed by atoms with E-state index >= 15 is 0 Å². The molecule has 21 heavy (non-hydrogen) atoms. The summed E-state index contributed by atoms with van der Waals surface area (Å²) in [6.07, 6.45) is 7.34. The van der Waals surface area contributed by atoms with Crippen LogP contribution in [0.5, 0.6) is 0 Å². The maximum absolute atomic E-state index is 4.16. The number of fused-ring (bicyclic) bond motifs is 1. The van der Waals surface area contributed by atoms with E-state index in [4.69, 9.17) is 0 Å². The minimum absolute atomic E-state index is 1.11. The van der Waals surface area contributed by atoms with E-state index in [0.717, 1.165) is 22.2 Å². The van der Waals surface area contributed by atoms with E-state index in [1.165, 1.54) is 11.1 Å². The Kier molecular flexibility index (Phi) is 2.75. The van der Waals surface area contributed by atoms with Crippen molar-refractivity contribution in [1.29, 1.82) is 0 Å². The third-order valence-corrected chi connectivity index (χ3v) is 3.61. The molecule has 0 saturated carbocycles. The van der Waals surface area contributed by atoms with E-state index in [2.05, 4.69) is 51.4 Å². The molecular formula is C18H13N3. The number of aromatic amines is 1. The highest BCUT2D eigenvalue weighted by molar-refractivity contribution is 5.85. The molecule has 0 bridgehead atoms. The maximum Gasteiger partial charge on any atom is 0.0489 e. The van der Waals surface area contributed by atoms with Crippen molar-refractivity contribution in [3.8, 4) is 22.4 Å². The van der Waals surface area contributed by atoms with E-state index in [-0.39, 0.29) is 0 Å². The standard InChI is InChI=1S/C18H13N3/c1-2-15(11-19-8-1)13-3-5-14(6-4-13)18-10-16-12-20-9-7-17(16)21-18/h1-12,21H. The van der Waals surface area contributed by atoms with Gasteiger partial charge in [0.2, 0.25) is 0 Å². The van der Waals surface area contributed by atoms with Gasteiger partial charge in [0.15, 0.2) is 0 Å². The summed E-state index contributed by atoms with van der Waals surface area (Å²) in [7, 11) is 0. The number of hydrogen-bond donors (Lipinski definition) is 1. The van der Waals surface area contributed by atoms with E-state index in [9.17, 15) is 0 Å². The molecule has 4 rings (SSSR count). The van der Waals surface area contributed by atoms with Gasteiger partial charge in [0.05, 0.1) is 0 Å². The monoisotopic (exact) mass is 271 g/mol. The second-order valence-electron chi connectivity index (χ2n) is 4.96. The Labute approximate surface area is 122 Å². The number of hydrogen-bond acceptors (Lipinski definition) is 2. The van der Waals surface area contributed by atoms with Crippen LogP contribution in [0.4, 0.5) is 0 Å². The number of nitrogens with one attached hydrogen (secondary N) is 1. The van der Waals surface area contributed by atoms with Crippen LogP contribution in [0, 0.1) is 0 Å². The maximum atomic E-state index is 4.16. The van der Waals surface area contributed by atoms with Crippen LogP contribution in [0.25, 0.3) is 33.3 Å². The predicted molar refractivity (Wildman–Crippen MR) is 84.8 cm³/mol. The fourth-order valence-electron chi connectivity index (χ4n) is 2.50. The summed E-state index contributed by atoms with van der Waals surface area (Å²) < 4.78 is 0. The van der Waals surface area contributed by atoms with Gasteiger partial charge < -0.3 is 4.98 Å². The molecule has 0 radical (unpaired) electrons. The van der Waals surface area contributed by atoms with Gasteiger partial charge in [-0.05, 0) is 34.9 Å². The number of pyridine rings is 2. The van der Waals surface area contributed by atoms with Gasteiger partial charge in [-0.3, -0.25) is 9.97 Å². The number of rotatable bonds is 2. The van der Waals surface area contributed by atoms with Crippen LogP contribution >= 0.6 is 0 Å². The number of benzene rings is 1. The van der Waals surface area contributed by atoms with Crippen LogP contribution < -0.4 is 0 Å². The summed E-state index contributed by atoms with van der Waals surface area (Å²) in [5, 5.41) is 1.13. The molecule has 3 heterocycles. The molecule has 0 atom stereocenters. The summed E-state index contributed by atoms with van der Waals surface area (Å²) in [4.78, 5) is 11.7. The molecule has 3 heteroatoms. The lowest BCUT2D eigenvalue weighted by atomic mass is 10.0. The third kappa shape index (κ3) is 2.19. The van der Waals surface area contributed by atoms with Gasteiger partial charge in [-0.1, -0.05) is 30.3 Å². The minimum atomic E-state index is 1.11. The lowest BCUT2D eigenvalue weighted by Gasteiger charge is -2.02. The summed E-state index contributed by atoms with van der Waals surface area (Å²) in [6, 6.07) is 16.6. The summed E-state index contributed by atoms with van der Waals surface area (Å²) >= 11 is 0. The highest BCUT2D eigenvalue weighted by Gasteiger charge is 2.04.